The van der Waals surface area contributed by atoms with Crippen molar-refractivity contribution in [2.24, 2.45) is 0 Å². The number of Topliss-reactive ketones (excluding diaryl/α,β-unsaturated/α-hetero) is 1. The molecule has 1 unspecified atom stereocenters. The molecule has 2 aromatic rings. The van der Waals surface area contributed by atoms with E-state index in [9.17, 15) is 4.79 Å². The Kier molecular flexibility index (Phi) is 3.62. The van der Waals surface area contributed by atoms with E-state index in [2.05, 4.69) is 21.4 Å². The number of carbonyl (C=O) groups excluding carboxylic acids is 1. The van der Waals surface area contributed by atoms with Crippen LogP contribution in [-0.2, 0) is 4.79 Å². The SMILES string of the molecule is N#Cc1ccc(C2C3=C(CCCC3=O)Nc3nc(=S)[nH]c(N)c32)cc1. The first kappa shape index (κ1) is 15.5. The van der Waals surface area contributed by atoms with Gasteiger partial charge >= 0.3 is 0 Å². The number of nitrogens with one attached hydrogen (secondary N) is 2. The predicted molar refractivity (Wildman–Crippen MR) is 96.3 cm³/mol. The Bertz CT molecular complexity index is 1010. The molecule has 1 aromatic carbocycles. The second-order valence-corrected chi connectivity index (χ2v) is 6.57. The van der Waals surface area contributed by atoms with Crippen molar-refractivity contribution in [1.29, 1.82) is 5.26 Å². The molecule has 1 atom stereocenters. The fraction of sp³-hybridized carbons (Fsp3) is 0.222. The molecular formula is C18H15N5OS. The number of fused-ring (bicyclic) bond motifs is 1. The lowest BCUT2D eigenvalue weighted by Crippen LogP contribution is -2.28. The lowest BCUT2D eigenvalue weighted by Gasteiger charge is -2.33. The van der Waals surface area contributed by atoms with Gasteiger partial charge in [0, 0.05) is 29.2 Å². The summed E-state index contributed by atoms with van der Waals surface area (Å²) in [5.41, 5.74) is 10.0. The highest BCUT2D eigenvalue weighted by molar-refractivity contribution is 7.71. The molecule has 2 aliphatic rings. The van der Waals surface area contributed by atoms with Gasteiger partial charge in [0.25, 0.3) is 0 Å². The fourth-order valence-corrected chi connectivity index (χ4v) is 3.79. The van der Waals surface area contributed by atoms with Gasteiger partial charge in [0.05, 0.1) is 11.6 Å². The average molecular weight is 349 g/mol. The number of hydrogen-bond donors (Lipinski definition) is 3. The van der Waals surface area contributed by atoms with E-state index < -0.39 is 0 Å². The minimum absolute atomic E-state index is 0.121. The first-order valence-corrected chi connectivity index (χ1v) is 8.42. The zero-order valence-electron chi connectivity index (χ0n) is 13.3. The Morgan fingerprint density at radius 1 is 1.28 bits per heavy atom. The summed E-state index contributed by atoms with van der Waals surface area (Å²) in [6.07, 6.45) is 2.13. The number of nitriles is 1. The number of benzene rings is 1. The molecule has 0 radical (unpaired) electrons. The topological polar surface area (TPSA) is 108 Å². The molecule has 0 amide bonds. The third kappa shape index (κ3) is 2.51. The van der Waals surface area contributed by atoms with Crippen molar-refractivity contribution in [1.82, 2.24) is 9.97 Å². The molecule has 2 heterocycles. The molecule has 4 rings (SSSR count). The minimum Gasteiger partial charge on any atom is -0.385 e. The number of hydrogen-bond acceptors (Lipinski definition) is 6. The van der Waals surface area contributed by atoms with Crippen LogP contribution in [0.4, 0.5) is 11.6 Å². The standard InChI is InChI=1S/C18H15N5OS/c19-8-9-4-6-10(7-5-9)13-14-11(2-1-3-12(14)24)21-17-15(13)16(20)22-18(25)23-17/h4-7,13H,1-3H2,(H4,20,21,22,23,25). The zero-order valence-corrected chi connectivity index (χ0v) is 14.1. The lowest BCUT2D eigenvalue weighted by molar-refractivity contribution is -0.116. The summed E-state index contributed by atoms with van der Waals surface area (Å²) in [6, 6.07) is 9.34. The molecule has 6 nitrogen and oxygen atoms in total. The molecule has 0 saturated carbocycles. The largest absolute Gasteiger partial charge is 0.385 e. The van der Waals surface area contributed by atoms with E-state index in [1.807, 2.05) is 12.1 Å². The number of nitrogen functional groups attached to an aromatic ring is 1. The smallest absolute Gasteiger partial charge is 0.200 e. The fourth-order valence-electron chi connectivity index (χ4n) is 3.59. The van der Waals surface area contributed by atoms with Crippen molar-refractivity contribution < 1.29 is 4.79 Å². The Morgan fingerprint density at radius 3 is 2.76 bits per heavy atom. The van der Waals surface area contributed by atoms with Crippen molar-refractivity contribution in [3.05, 3.63) is 57.0 Å². The van der Waals surface area contributed by atoms with E-state index in [1.54, 1.807) is 12.1 Å². The van der Waals surface area contributed by atoms with E-state index in [1.165, 1.54) is 0 Å². The third-order valence-electron chi connectivity index (χ3n) is 4.68. The summed E-state index contributed by atoms with van der Waals surface area (Å²) in [5.74, 6) is 0.813. The third-order valence-corrected chi connectivity index (χ3v) is 4.87. The van der Waals surface area contributed by atoms with Crippen molar-refractivity contribution in [2.45, 2.75) is 25.2 Å². The number of ketones is 1. The zero-order chi connectivity index (χ0) is 17.6. The van der Waals surface area contributed by atoms with Crippen LogP contribution in [0, 0.1) is 16.1 Å². The van der Waals surface area contributed by atoms with Gasteiger partial charge in [0.2, 0.25) is 0 Å². The van der Waals surface area contributed by atoms with Crippen molar-refractivity contribution in [3.8, 4) is 6.07 Å². The van der Waals surface area contributed by atoms with Gasteiger partial charge in [-0.15, -0.1) is 0 Å². The van der Waals surface area contributed by atoms with Gasteiger partial charge in [0.15, 0.2) is 10.6 Å². The molecule has 0 spiro atoms. The summed E-state index contributed by atoms with van der Waals surface area (Å²) in [5, 5.41) is 12.3. The van der Waals surface area contributed by atoms with Crippen LogP contribution in [0.25, 0.3) is 0 Å². The summed E-state index contributed by atoms with van der Waals surface area (Å²) in [4.78, 5) is 19.9. The van der Waals surface area contributed by atoms with Gasteiger partial charge in [0.1, 0.15) is 11.6 Å². The second-order valence-electron chi connectivity index (χ2n) is 6.18. The highest BCUT2D eigenvalue weighted by atomic mass is 32.1. The molecule has 1 aliphatic heterocycles. The number of anilines is 2. The molecule has 25 heavy (non-hydrogen) atoms. The van der Waals surface area contributed by atoms with Crippen LogP contribution in [0.3, 0.4) is 0 Å². The van der Waals surface area contributed by atoms with Crippen molar-refractivity contribution in [3.63, 3.8) is 0 Å². The first-order valence-electron chi connectivity index (χ1n) is 8.01. The quantitative estimate of drug-likeness (QED) is 0.683. The van der Waals surface area contributed by atoms with Gasteiger partial charge in [-0.1, -0.05) is 12.1 Å². The molecule has 1 aliphatic carbocycles. The Labute approximate surface area is 149 Å². The number of allylic oxidation sites excluding steroid dienone is 2. The van der Waals surface area contributed by atoms with Crippen LogP contribution < -0.4 is 11.1 Å². The maximum absolute atomic E-state index is 12.7. The van der Waals surface area contributed by atoms with Crippen LogP contribution in [0.5, 0.6) is 0 Å². The number of rotatable bonds is 1. The number of nitrogens with zero attached hydrogens (tertiary/aromatic N) is 2. The van der Waals surface area contributed by atoms with E-state index in [4.69, 9.17) is 23.2 Å². The van der Waals surface area contributed by atoms with Crippen LogP contribution in [-0.4, -0.2) is 15.8 Å². The van der Waals surface area contributed by atoms with E-state index in [0.717, 1.165) is 35.2 Å². The van der Waals surface area contributed by atoms with Gasteiger partial charge in [-0.05, 0) is 42.8 Å². The normalized spacial score (nSPS) is 18.8. The summed E-state index contributed by atoms with van der Waals surface area (Å²) in [7, 11) is 0. The average Bonchev–Trinajstić information content (AvgIpc) is 2.60. The summed E-state index contributed by atoms with van der Waals surface area (Å²) in [6.45, 7) is 0. The van der Waals surface area contributed by atoms with Crippen LogP contribution >= 0.6 is 12.2 Å². The Morgan fingerprint density at radius 2 is 2.04 bits per heavy atom. The Hall–Kier alpha value is -2.98. The maximum Gasteiger partial charge on any atom is 0.200 e. The molecule has 0 fully saturated rings. The molecule has 124 valence electrons. The minimum atomic E-state index is -0.314. The molecule has 4 N–H and O–H groups in total. The molecule has 1 aromatic heterocycles. The number of aromatic amines is 1. The monoisotopic (exact) mass is 349 g/mol. The van der Waals surface area contributed by atoms with Gasteiger partial charge in [-0.2, -0.15) is 5.26 Å². The van der Waals surface area contributed by atoms with Crippen molar-refractivity contribution >= 4 is 29.6 Å². The molecule has 0 saturated heterocycles. The van der Waals surface area contributed by atoms with Gasteiger partial charge < -0.3 is 16.0 Å². The van der Waals surface area contributed by atoms with E-state index in [0.29, 0.717) is 28.4 Å². The van der Waals surface area contributed by atoms with Crippen LogP contribution in [0.2, 0.25) is 0 Å². The molecule has 0 bridgehead atoms. The molecule has 7 heteroatoms. The maximum atomic E-state index is 12.7. The highest BCUT2D eigenvalue weighted by Gasteiger charge is 2.37. The van der Waals surface area contributed by atoms with E-state index >= 15 is 0 Å². The number of nitrogens with two attached hydrogens (primary N) is 1. The highest BCUT2D eigenvalue weighted by Crippen LogP contribution is 2.46. The summed E-state index contributed by atoms with van der Waals surface area (Å²) < 4.78 is 0.300. The van der Waals surface area contributed by atoms with Crippen molar-refractivity contribution in [2.75, 3.05) is 11.1 Å². The van der Waals surface area contributed by atoms with Crippen LogP contribution in [0.1, 0.15) is 41.9 Å². The first-order chi connectivity index (χ1) is 12.1. The predicted octanol–water partition coefficient (Wildman–Crippen LogP) is 3.16. The van der Waals surface area contributed by atoms with E-state index in [-0.39, 0.29) is 11.7 Å². The van der Waals surface area contributed by atoms with Crippen LogP contribution in [0.15, 0.2) is 35.5 Å². The Balaban J connectivity index is 1.97. The summed E-state index contributed by atoms with van der Waals surface area (Å²) >= 11 is 5.14. The van der Waals surface area contributed by atoms with Gasteiger partial charge in [-0.3, -0.25) is 4.79 Å². The number of H-pyrrole nitrogens is 1. The van der Waals surface area contributed by atoms with Gasteiger partial charge in [-0.25, -0.2) is 4.98 Å². The second kappa shape index (κ2) is 5.83. The number of aromatic nitrogens is 2. The number of carbonyl (C=O) groups is 1. The molecular weight excluding hydrogens is 334 g/mol. The lowest BCUT2D eigenvalue weighted by atomic mass is 9.76.